The van der Waals surface area contributed by atoms with Crippen LogP contribution in [0.4, 0.5) is 4.39 Å². The van der Waals surface area contributed by atoms with Gasteiger partial charge in [0.05, 0.1) is 6.04 Å². The van der Waals surface area contributed by atoms with E-state index >= 15 is 0 Å². The Kier molecular flexibility index (Phi) is 4.70. The predicted molar refractivity (Wildman–Crippen MR) is 87.5 cm³/mol. The van der Waals surface area contributed by atoms with Gasteiger partial charge in [0.25, 0.3) is 0 Å². The molecule has 0 heterocycles. The molecule has 0 amide bonds. The molecule has 2 aromatic rings. The van der Waals surface area contributed by atoms with Crippen LogP contribution >= 0.6 is 11.6 Å². The van der Waals surface area contributed by atoms with E-state index in [1.54, 1.807) is 6.07 Å². The SMILES string of the molecule is CNC(c1ccc(C(C)(C)C)cc1)c1ccc(F)cc1Cl. The van der Waals surface area contributed by atoms with Crippen LogP contribution in [-0.4, -0.2) is 7.05 Å². The van der Waals surface area contributed by atoms with Gasteiger partial charge in [-0.2, -0.15) is 0 Å². The Morgan fingerprint density at radius 1 is 1.05 bits per heavy atom. The van der Waals surface area contributed by atoms with E-state index in [9.17, 15) is 4.39 Å². The molecule has 0 saturated carbocycles. The first-order valence-corrected chi connectivity index (χ1v) is 7.43. The molecule has 1 N–H and O–H groups in total. The fraction of sp³-hybridized carbons (Fsp3) is 0.333. The van der Waals surface area contributed by atoms with Crippen molar-refractivity contribution in [2.45, 2.75) is 32.2 Å². The molecule has 112 valence electrons. The van der Waals surface area contributed by atoms with E-state index < -0.39 is 0 Å². The quantitative estimate of drug-likeness (QED) is 0.833. The Bertz CT molecular complexity index is 614. The summed E-state index contributed by atoms with van der Waals surface area (Å²) in [5.74, 6) is -0.318. The van der Waals surface area contributed by atoms with E-state index in [2.05, 4.69) is 50.4 Å². The van der Waals surface area contributed by atoms with Crippen molar-refractivity contribution < 1.29 is 4.39 Å². The van der Waals surface area contributed by atoms with Gasteiger partial charge in [-0.15, -0.1) is 0 Å². The van der Waals surface area contributed by atoms with Gasteiger partial charge in [0.2, 0.25) is 0 Å². The monoisotopic (exact) mass is 305 g/mol. The van der Waals surface area contributed by atoms with Gasteiger partial charge in [0.15, 0.2) is 0 Å². The molecule has 2 rings (SSSR count). The van der Waals surface area contributed by atoms with Crippen LogP contribution in [0.3, 0.4) is 0 Å². The molecule has 0 saturated heterocycles. The topological polar surface area (TPSA) is 12.0 Å². The lowest BCUT2D eigenvalue weighted by atomic mass is 9.86. The molecule has 1 nitrogen and oxygen atoms in total. The van der Waals surface area contributed by atoms with Crippen LogP contribution in [0, 0.1) is 5.82 Å². The lowest BCUT2D eigenvalue weighted by Gasteiger charge is -2.22. The van der Waals surface area contributed by atoms with Crippen molar-refractivity contribution in [1.82, 2.24) is 5.32 Å². The summed E-state index contributed by atoms with van der Waals surface area (Å²) in [4.78, 5) is 0. The zero-order chi connectivity index (χ0) is 15.6. The summed E-state index contributed by atoms with van der Waals surface area (Å²) in [6, 6.07) is 12.9. The Morgan fingerprint density at radius 3 is 2.14 bits per heavy atom. The lowest BCUT2D eigenvalue weighted by Crippen LogP contribution is -2.18. The van der Waals surface area contributed by atoms with Crippen molar-refractivity contribution in [3.63, 3.8) is 0 Å². The maximum Gasteiger partial charge on any atom is 0.124 e. The smallest absolute Gasteiger partial charge is 0.124 e. The molecule has 0 aliphatic carbocycles. The van der Waals surface area contributed by atoms with E-state index in [1.165, 1.54) is 17.7 Å². The van der Waals surface area contributed by atoms with E-state index in [-0.39, 0.29) is 17.3 Å². The van der Waals surface area contributed by atoms with Crippen LogP contribution in [0.2, 0.25) is 5.02 Å². The Labute approximate surface area is 131 Å². The van der Waals surface area contributed by atoms with Gasteiger partial charge in [-0.05, 0) is 41.3 Å². The number of halogens is 2. The summed E-state index contributed by atoms with van der Waals surface area (Å²) in [5, 5.41) is 3.69. The largest absolute Gasteiger partial charge is 0.309 e. The van der Waals surface area contributed by atoms with Crippen molar-refractivity contribution in [3.8, 4) is 0 Å². The number of rotatable bonds is 3. The third kappa shape index (κ3) is 3.63. The van der Waals surface area contributed by atoms with E-state index in [0.717, 1.165) is 11.1 Å². The summed E-state index contributed by atoms with van der Waals surface area (Å²) < 4.78 is 13.2. The van der Waals surface area contributed by atoms with Crippen LogP contribution in [-0.2, 0) is 5.41 Å². The average molecular weight is 306 g/mol. The van der Waals surface area contributed by atoms with Crippen molar-refractivity contribution >= 4 is 11.6 Å². The second kappa shape index (κ2) is 6.17. The molecule has 1 atom stereocenters. The third-order valence-electron chi connectivity index (χ3n) is 3.67. The van der Waals surface area contributed by atoms with Crippen LogP contribution in [0.5, 0.6) is 0 Å². The molecular weight excluding hydrogens is 285 g/mol. The summed E-state index contributed by atoms with van der Waals surface area (Å²) in [6.07, 6.45) is 0. The van der Waals surface area contributed by atoms with Crippen LogP contribution < -0.4 is 5.32 Å². The second-order valence-electron chi connectivity index (χ2n) is 6.26. The number of benzene rings is 2. The molecule has 0 aliphatic rings. The summed E-state index contributed by atoms with van der Waals surface area (Å²) >= 11 is 6.18. The molecule has 0 aromatic heterocycles. The van der Waals surface area contributed by atoms with Gasteiger partial charge in [-0.3, -0.25) is 0 Å². The maximum absolute atomic E-state index is 13.2. The molecular formula is C18H21ClFN. The van der Waals surface area contributed by atoms with Gasteiger partial charge in [-0.1, -0.05) is 62.7 Å². The molecule has 0 radical (unpaired) electrons. The molecule has 2 aromatic carbocycles. The van der Waals surface area contributed by atoms with Gasteiger partial charge < -0.3 is 5.32 Å². The Morgan fingerprint density at radius 2 is 1.67 bits per heavy atom. The number of hydrogen-bond acceptors (Lipinski definition) is 1. The molecule has 1 unspecified atom stereocenters. The maximum atomic E-state index is 13.2. The average Bonchev–Trinajstić information content (AvgIpc) is 2.41. The fourth-order valence-corrected chi connectivity index (χ4v) is 2.69. The van der Waals surface area contributed by atoms with Gasteiger partial charge in [-0.25, -0.2) is 4.39 Å². The summed E-state index contributed by atoms with van der Waals surface area (Å²) in [7, 11) is 1.88. The standard InChI is InChI=1S/C18H21ClFN/c1-18(2,3)13-7-5-12(6-8-13)17(21-4)15-10-9-14(20)11-16(15)19/h5-11,17,21H,1-4H3. The lowest BCUT2D eigenvalue weighted by molar-refractivity contribution is 0.589. The highest BCUT2D eigenvalue weighted by molar-refractivity contribution is 6.31. The van der Waals surface area contributed by atoms with E-state index in [0.29, 0.717) is 5.02 Å². The number of nitrogens with one attached hydrogen (secondary N) is 1. The normalized spacial score (nSPS) is 13.2. The van der Waals surface area contributed by atoms with E-state index in [4.69, 9.17) is 11.6 Å². The van der Waals surface area contributed by atoms with Crippen molar-refractivity contribution in [3.05, 3.63) is 70.0 Å². The zero-order valence-corrected chi connectivity index (χ0v) is 13.6. The zero-order valence-electron chi connectivity index (χ0n) is 12.9. The highest BCUT2D eigenvalue weighted by Crippen LogP contribution is 2.30. The molecule has 21 heavy (non-hydrogen) atoms. The molecule has 0 bridgehead atoms. The summed E-state index contributed by atoms with van der Waals surface area (Å²) in [6.45, 7) is 6.57. The van der Waals surface area contributed by atoms with Gasteiger partial charge >= 0.3 is 0 Å². The minimum absolute atomic E-state index is 0.0490. The minimum Gasteiger partial charge on any atom is -0.309 e. The first kappa shape index (κ1) is 16.0. The van der Waals surface area contributed by atoms with Crippen LogP contribution in [0.25, 0.3) is 0 Å². The van der Waals surface area contributed by atoms with E-state index in [1.807, 2.05) is 7.05 Å². The minimum atomic E-state index is -0.318. The third-order valence-corrected chi connectivity index (χ3v) is 4.00. The predicted octanol–water partition coefficient (Wildman–Crippen LogP) is 5.09. The highest BCUT2D eigenvalue weighted by atomic mass is 35.5. The van der Waals surface area contributed by atoms with Crippen LogP contribution in [0.1, 0.15) is 43.5 Å². The van der Waals surface area contributed by atoms with Gasteiger partial charge in [0, 0.05) is 5.02 Å². The Balaban J connectivity index is 2.37. The highest BCUT2D eigenvalue weighted by Gasteiger charge is 2.18. The Hall–Kier alpha value is -1.38. The van der Waals surface area contributed by atoms with Crippen molar-refractivity contribution in [2.24, 2.45) is 0 Å². The molecule has 0 aliphatic heterocycles. The van der Waals surface area contributed by atoms with Gasteiger partial charge in [0.1, 0.15) is 5.82 Å². The molecule has 0 fully saturated rings. The summed E-state index contributed by atoms with van der Waals surface area (Å²) in [5.41, 5.74) is 3.40. The van der Waals surface area contributed by atoms with Crippen LogP contribution in [0.15, 0.2) is 42.5 Å². The van der Waals surface area contributed by atoms with Crippen molar-refractivity contribution in [2.75, 3.05) is 7.05 Å². The van der Waals surface area contributed by atoms with Crippen molar-refractivity contribution in [1.29, 1.82) is 0 Å². The fourth-order valence-electron chi connectivity index (χ4n) is 2.41. The second-order valence-corrected chi connectivity index (χ2v) is 6.67. The first-order valence-electron chi connectivity index (χ1n) is 7.05. The first-order chi connectivity index (χ1) is 9.82. The molecule has 3 heteroatoms. The molecule has 0 spiro atoms. The number of hydrogen-bond donors (Lipinski definition) is 1.